The van der Waals surface area contributed by atoms with Crippen LogP contribution in [0.25, 0.3) is 0 Å². The molecule has 8 heavy (non-hydrogen) atoms. The van der Waals surface area contributed by atoms with Crippen LogP contribution in [0, 0.1) is 0 Å². The summed E-state index contributed by atoms with van der Waals surface area (Å²) in [7, 11) is 0. The van der Waals surface area contributed by atoms with Gasteiger partial charge < -0.3 is 28.2 Å². The molecule has 8 heteroatoms. The predicted octanol–water partition coefficient (Wildman–Crippen LogP) is -18.7. The molecular weight excluding hydrogens is 168 g/mol. The van der Waals surface area contributed by atoms with Gasteiger partial charge in [-0.2, -0.15) is 0 Å². The average Bonchev–Trinajstić information content (AvgIpc) is 0. The number of rotatable bonds is 0. The van der Waals surface area contributed by atoms with Gasteiger partial charge in [-0.05, 0) is 0 Å². The van der Waals surface area contributed by atoms with Crippen LogP contribution in [0.4, 0.5) is 0 Å². The van der Waals surface area contributed by atoms with E-state index in [2.05, 4.69) is 0 Å². The van der Waals surface area contributed by atoms with Gasteiger partial charge in [-0.25, -0.2) is 0 Å². The van der Waals surface area contributed by atoms with Crippen molar-refractivity contribution in [2.24, 2.45) is 0 Å². The fraction of sp³-hybridized carbons (Fsp3) is 0. The van der Waals surface area contributed by atoms with E-state index in [0.29, 0.717) is 0 Å². The van der Waals surface area contributed by atoms with Crippen molar-refractivity contribution in [3.63, 3.8) is 0 Å². The summed E-state index contributed by atoms with van der Waals surface area (Å²) in [5.74, 6) is 0. The van der Waals surface area contributed by atoms with E-state index in [1.54, 1.807) is 0 Å². The first-order chi connectivity index (χ1) is 0. The van der Waals surface area contributed by atoms with Crippen molar-refractivity contribution in [3.05, 3.63) is 0 Å². The van der Waals surface area contributed by atoms with Crippen LogP contribution in [0.2, 0.25) is 0 Å². The van der Waals surface area contributed by atoms with Crippen molar-refractivity contribution in [3.8, 4) is 0 Å². The number of hydrogen-bond acceptors (Lipinski definition) is 0. The van der Waals surface area contributed by atoms with Crippen molar-refractivity contribution in [1.82, 2.24) is 0 Å². The molecule has 0 radical (unpaired) electrons. The fourth-order valence-electron chi connectivity index (χ4n) is 0. The van der Waals surface area contributed by atoms with Gasteiger partial charge in [-0.3, -0.25) is 0 Å². The van der Waals surface area contributed by atoms with Crippen LogP contribution in [-0.4, -0.2) is 34.7 Å². The molecule has 0 heterocycles. The van der Waals surface area contributed by atoms with Gasteiger partial charge >= 0.3 is 34.7 Å². The van der Waals surface area contributed by atoms with E-state index in [1.165, 1.54) is 0 Å². The summed E-state index contributed by atoms with van der Waals surface area (Å²) in [6.07, 6.45) is 0. The van der Waals surface area contributed by atoms with Gasteiger partial charge in [0.1, 0.15) is 0 Å². The minimum absolute atomic E-state index is 0. The first-order valence-corrected chi connectivity index (χ1v) is 0. The van der Waals surface area contributed by atoms with Crippen LogP contribution in [0.3, 0.4) is 0 Å². The molecule has 0 spiro atoms. The zero-order valence-electron chi connectivity index (χ0n) is 3.42. The summed E-state index contributed by atoms with van der Waals surface area (Å²) in [5, 5.41) is 0. The third-order valence-electron chi connectivity index (χ3n) is 0. The van der Waals surface area contributed by atoms with Crippen LogP contribution >= 0.6 is 0 Å². The molecule has 0 rings (SSSR count). The number of hydrogen-bond donors (Lipinski definition) is 0. The first-order valence-electron chi connectivity index (χ1n) is 0. The van der Waals surface area contributed by atoms with Crippen LogP contribution < -0.4 is 28.2 Å². The van der Waals surface area contributed by atoms with E-state index in [4.69, 9.17) is 0 Å². The summed E-state index contributed by atoms with van der Waals surface area (Å²) >= 11 is 0. The van der Waals surface area contributed by atoms with E-state index in [1.807, 2.05) is 0 Å². The Morgan fingerprint density at radius 2 is 0.250 bits per heavy atom. The van der Waals surface area contributed by atoms with Gasteiger partial charge in [0.15, 0.2) is 0 Å². The average molecular weight is 168 g/mol. The zero-order chi connectivity index (χ0) is 0. The molecule has 48 valence electrons. The van der Waals surface area contributed by atoms with Gasteiger partial charge in [-0.1, -0.05) is 0 Å². The Kier molecular flexibility index (Phi) is 123000. The zero-order valence-corrected chi connectivity index (χ0v) is 5.73. The van der Waals surface area contributed by atoms with Gasteiger partial charge in [0.2, 0.25) is 0 Å². The summed E-state index contributed by atoms with van der Waals surface area (Å²) in [5.41, 5.74) is 0. The molecule has 0 aliphatic carbocycles. The molecule has 0 nitrogen and oxygen atoms in total. The number of halogens is 6. The van der Waals surface area contributed by atoms with Gasteiger partial charge in [0, 0.05) is 0 Å². The Morgan fingerprint density at radius 1 is 0.250 bits per heavy atom. The van der Waals surface area contributed by atoms with Crippen LogP contribution in [-0.2, 0) is 0 Å². The molecule has 0 amide bonds. The van der Waals surface area contributed by atoms with E-state index in [0.717, 1.165) is 0 Å². The Balaban J connectivity index is 0. The molecule has 0 aliphatic heterocycles. The Hall–Kier alpha value is 0.645. The van der Waals surface area contributed by atoms with Crippen molar-refractivity contribution in [2.45, 2.75) is 0 Å². The Labute approximate surface area is 63.5 Å². The maximum Gasteiger partial charge on any atom is 3.00 e. The predicted molar refractivity (Wildman–Crippen MR) is 11.5 cm³/mol. The summed E-state index contributed by atoms with van der Waals surface area (Å²) < 4.78 is 0. The molecule has 0 fully saturated rings. The summed E-state index contributed by atoms with van der Waals surface area (Å²) in [6.45, 7) is 0. The molecule has 0 atom stereocenters. The molecule has 0 bridgehead atoms. The Morgan fingerprint density at radius 3 is 0.250 bits per heavy atom. The SMILES string of the molecule is [Al+3].[Al+3].[F-].[F-].[F-].[F-].[F-].[F-]. The van der Waals surface area contributed by atoms with Gasteiger partial charge in [-0.15, -0.1) is 0 Å². The van der Waals surface area contributed by atoms with Crippen molar-refractivity contribution in [1.29, 1.82) is 0 Å². The minimum Gasteiger partial charge on any atom is -1.00 e. The maximum atomic E-state index is 0. The van der Waals surface area contributed by atoms with E-state index in [-0.39, 0.29) is 62.9 Å². The van der Waals surface area contributed by atoms with Gasteiger partial charge in [0.25, 0.3) is 0 Å². The minimum atomic E-state index is 0. The molecule has 0 saturated carbocycles. The Bertz CT molecular complexity index is 6.49. The molecule has 0 saturated heterocycles. The molecule has 0 aromatic carbocycles. The first kappa shape index (κ1) is 1210. The molecule has 0 aromatic heterocycles. The third kappa shape index (κ3) is 509. The van der Waals surface area contributed by atoms with E-state index >= 15 is 0 Å². The largest absolute Gasteiger partial charge is 3.00 e. The van der Waals surface area contributed by atoms with Crippen LogP contribution in [0.5, 0.6) is 0 Å². The smallest absolute Gasteiger partial charge is 1.00 e. The molecule has 0 aliphatic rings. The fourth-order valence-corrected chi connectivity index (χ4v) is 0. The second kappa shape index (κ2) is 812. The van der Waals surface area contributed by atoms with E-state index in [9.17, 15) is 0 Å². The molecule has 0 N–H and O–H groups in total. The maximum absolute atomic E-state index is 0. The quantitative estimate of drug-likeness (QED) is 0.249. The van der Waals surface area contributed by atoms with Crippen molar-refractivity contribution in [2.75, 3.05) is 0 Å². The molecular formula is Al2F6. The van der Waals surface area contributed by atoms with Crippen LogP contribution in [0.15, 0.2) is 0 Å². The monoisotopic (exact) mass is 168 g/mol. The van der Waals surface area contributed by atoms with Crippen molar-refractivity contribution < 1.29 is 28.2 Å². The van der Waals surface area contributed by atoms with Crippen molar-refractivity contribution >= 4 is 34.7 Å². The second-order valence-corrected chi connectivity index (χ2v) is 0. The third-order valence-corrected chi connectivity index (χ3v) is 0. The standard InChI is InChI=1S/2Al.6FH/h;;6*1H/q2*+3;;;;;;/p-6. The van der Waals surface area contributed by atoms with Crippen LogP contribution in [0.1, 0.15) is 0 Å². The molecule has 0 unspecified atom stereocenters. The summed E-state index contributed by atoms with van der Waals surface area (Å²) in [4.78, 5) is 0. The molecule has 0 aromatic rings. The van der Waals surface area contributed by atoms with E-state index < -0.39 is 0 Å². The summed E-state index contributed by atoms with van der Waals surface area (Å²) in [6, 6.07) is 0. The topological polar surface area (TPSA) is 0 Å². The second-order valence-electron chi connectivity index (χ2n) is 0. The van der Waals surface area contributed by atoms with Gasteiger partial charge in [0.05, 0.1) is 0 Å². The normalized spacial score (nSPS) is 0.